The first-order chi connectivity index (χ1) is 44.9. The van der Waals surface area contributed by atoms with E-state index in [0.717, 1.165) is 113 Å². The molecule has 1 fully saturated rings. The maximum absolute atomic E-state index is 13.9. The monoisotopic (exact) mass is 1310 g/mol. The van der Waals surface area contributed by atoms with Crippen LogP contribution in [0, 0.1) is 11.8 Å². The lowest BCUT2D eigenvalue weighted by Gasteiger charge is -2.27. The minimum absolute atomic E-state index is 0.0368. The highest BCUT2D eigenvalue weighted by Crippen LogP contribution is 2.33. The number of ether oxygens (including phenoxy) is 10. The Bertz CT molecular complexity index is 2520. The number of anilines is 1. The molecule has 1 heterocycles. The quantitative estimate of drug-likeness (QED) is 0.0119. The van der Waals surface area contributed by atoms with Gasteiger partial charge in [0, 0.05) is 93.7 Å². The van der Waals surface area contributed by atoms with Gasteiger partial charge in [0.2, 0.25) is 11.8 Å². The van der Waals surface area contributed by atoms with Crippen LogP contribution in [0.25, 0.3) is 10.9 Å². The molecule has 0 saturated heterocycles. The van der Waals surface area contributed by atoms with Gasteiger partial charge in [-0.3, -0.25) is 24.0 Å². The predicted molar refractivity (Wildman–Crippen MR) is 355 cm³/mol. The van der Waals surface area contributed by atoms with E-state index < -0.39 is 12.2 Å². The molecule has 3 N–H and O–H groups in total. The number of amides is 4. The number of carbonyl (C=O) groups is 7. The number of allylic oxidation sites excluding steroid dienone is 1. The highest BCUT2D eigenvalue weighted by Gasteiger charge is 2.29. The number of aryl methyl sites for hydroxylation is 1. The summed E-state index contributed by atoms with van der Waals surface area (Å²) in [6, 6.07) is 17.8. The molecule has 0 atom stereocenters. The molecular weight excluding hydrogens is 1210 g/mol. The number of Topliss-reactive ketones (excluding diaryl/α,β-unsaturated/α-hetero) is 1. The Morgan fingerprint density at radius 2 is 1.13 bits per heavy atom. The van der Waals surface area contributed by atoms with Crippen LogP contribution in [0.5, 0.6) is 0 Å². The van der Waals surface area contributed by atoms with Crippen molar-refractivity contribution in [3.8, 4) is 0 Å². The summed E-state index contributed by atoms with van der Waals surface area (Å²) < 4.78 is 54.2. The lowest BCUT2D eigenvalue weighted by molar-refractivity contribution is -0.146. The number of nitrogens with one attached hydrogen (secondary N) is 3. The molecular formula is C69H108ClN5O17. The van der Waals surface area contributed by atoms with Crippen LogP contribution in [-0.2, 0) is 79.5 Å². The van der Waals surface area contributed by atoms with E-state index in [4.69, 9.17) is 59.0 Å². The van der Waals surface area contributed by atoms with Crippen molar-refractivity contribution < 1.29 is 80.9 Å². The van der Waals surface area contributed by atoms with Crippen LogP contribution in [0.4, 0.5) is 15.3 Å². The molecule has 0 unspecified atom stereocenters. The second-order valence-corrected chi connectivity index (χ2v) is 22.4. The largest absolute Gasteiger partial charge is 0.466 e. The van der Waals surface area contributed by atoms with Gasteiger partial charge in [0.15, 0.2) is 5.78 Å². The van der Waals surface area contributed by atoms with Gasteiger partial charge in [-0.05, 0) is 127 Å². The fraction of sp³-hybridized carbons (Fsp3) is 0.667. The van der Waals surface area contributed by atoms with Gasteiger partial charge in [-0.25, -0.2) is 9.59 Å². The minimum Gasteiger partial charge on any atom is -0.466 e. The zero-order valence-corrected chi connectivity index (χ0v) is 56.3. The predicted octanol–water partition coefficient (Wildman–Crippen LogP) is 10.9. The number of halogens is 1. The number of hydrogen-bond acceptors (Lipinski definition) is 17. The SMILES string of the molecule is C/C=C/COC(=O)NCCOCCOCCOC(=O)CCCOCCOCCCCCCCl.CCOC(=O)CCCOCCOCCOC(=O)NCCCCCCNC(=O)C1CCC(CC(=O)c2cc3ccccc3n2CC(=O)N(CC)c2cccc(CC)c2)CC1. The molecule has 3 aromatic rings. The van der Waals surface area contributed by atoms with E-state index in [1.807, 2.05) is 60.9 Å². The van der Waals surface area contributed by atoms with E-state index in [1.165, 1.54) is 5.56 Å². The van der Waals surface area contributed by atoms with Crippen LogP contribution in [0.3, 0.4) is 0 Å². The van der Waals surface area contributed by atoms with Crippen LogP contribution >= 0.6 is 11.6 Å². The van der Waals surface area contributed by atoms with Gasteiger partial charge in [-0.15, -0.1) is 11.6 Å². The van der Waals surface area contributed by atoms with Gasteiger partial charge in [0.05, 0.1) is 71.8 Å². The van der Waals surface area contributed by atoms with Gasteiger partial charge in [-0.1, -0.05) is 75.1 Å². The number of aromatic nitrogens is 1. The molecule has 2 aromatic carbocycles. The Balaban J connectivity index is 0.000000569. The van der Waals surface area contributed by atoms with Gasteiger partial charge in [0.25, 0.3) is 0 Å². The number of para-hydroxylation sites is 1. The molecule has 1 aromatic heterocycles. The molecule has 0 aliphatic heterocycles. The van der Waals surface area contributed by atoms with Crippen molar-refractivity contribution in [3.63, 3.8) is 0 Å². The van der Waals surface area contributed by atoms with Gasteiger partial charge >= 0.3 is 24.1 Å². The second kappa shape index (κ2) is 53.3. The van der Waals surface area contributed by atoms with Crippen LogP contribution < -0.4 is 20.9 Å². The molecule has 22 nitrogen and oxygen atoms in total. The van der Waals surface area contributed by atoms with Crippen molar-refractivity contribution >= 4 is 69.9 Å². The van der Waals surface area contributed by atoms with E-state index in [0.29, 0.717) is 137 Å². The van der Waals surface area contributed by atoms with Crippen molar-refractivity contribution in [2.75, 3.05) is 143 Å². The third-order valence-corrected chi connectivity index (χ3v) is 15.2. The number of fused-ring (bicyclic) bond motifs is 1. The van der Waals surface area contributed by atoms with E-state index in [9.17, 15) is 33.6 Å². The van der Waals surface area contributed by atoms with Crippen molar-refractivity contribution in [3.05, 3.63) is 78.0 Å². The van der Waals surface area contributed by atoms with Crippen molar-refractivity contribution in [2.45, 2.75) is 150 Å². The number of benzene rings is 2. The summed E-state index contributed by atoms with van der Waals surface area (Å²) in [6.07, 6.45) is 16.9. The average Bonchev–Trinajstić information content (AvgIpc) is 1.70. The highest BCUT2D eigenvalue weighted by atomic mass is 35.5. The number of unbranched alkanes of at least 4 members (excludes halogenated alkanes) is 6. The van der Waals surface area contributed by atoms with Crippen molar-refractivity contribution in [1.29, 1.82) is 0 Å². The lowest BCUT2D eigenvalue weighted by Crippen LogP contribution is -2.35. The van der Waals surface area contributed by atoms with Gasteiger partial charge in [0.1, 0.15) is 26.4 Å². The zero-order valence-electron chi connectivity index (χ0n) is 55.5. The van der Waals surface area contributed by atoms with E-state index in [2.05, 4.69) is 35.0 Å². The molecule has 1 aliphatic rings. The van der Waals surface area contributed by atoms with Crippen molar-refractivity contribution in [1.82, 2.24) is 20.5 Å². The van der Waals surface area contributed by atoms with Crippen molar-refractivity contribution in [2.24, 2.45) is 11.8 Å². The summed E-state index contributed by atoms with van der Waals surface area (Å²) in [5.41, 5.74) is 3.48. The number of ketones is 1. The number of nitrogens with zero attached hydrogens (tertiary/aromatic N) is 2. The van der Waals surface area contributed by atoms with E-state index >= 15 is 0 Å². The average molecular weight is 1320 g/mol. The Kier molecular flexibility index (Phi) is 46.4. The lowest BCUT2D eigenvalue weighted by atomic mass is 9.79. The smallest absolute Gasteiger partial charge is 0.407 e. The molecule has 92 heavy (non-hydrogen) atoms. The minimum atomic E-state index is -0.476. The summed E-state index contributed by atoms with van der Waals surface area (Å²) in [4.78, 5) is 88.4. The number of carbonyl (C=O) groups excluding carboxylic acids is 7. The maximum Gasteiger partial charge on any atom is 0.407 e. The first-order valence-corrected chi connectivity index (χ1v) is 34.0. The zero-order chi connectivity index (χ0) is 66.5. The number of likely N-dealkylation sites (N-methyl/N-ethyl adjacent to an activating group) is 1. The fourth-order valence-electron chi connectivity index (χ4n) is 9.94. The van der Waals surface area contributed by atoms with E-state index in [-0.39, 0.29) is 74.3 Å². The first kappa shape index (κ1) is 80.1. The summed E-state index contributed by atoms with van der Waals surface area (Å²) in [6.45, 7) is 16.1. The van der Waals surface area contributed by atoms with Crippen LogP contribution in [-0.4, -0.2) is 184 Å². The number of alkyl carbamates (subject to hydrolysis) is 2. The summed E-state index contributed by atoms with van der Waals surface area (Å²) in [5.74, 6) is 0.464. The van der Waals surface area contributed by atoms with Gasteiger partial charge in [-0.2, -0.15) is 0 Å². The Hall–Kier alpha value is -6.14. The molecule has 0 spiro atoms. The summed E-state index contributed by atoms with van der Waals surface area (Å²) >= 11 is 5.62. The molecule has 518 valence electrons. The molecule has 1 aliphatic carbocycles. The van der Waals surface area contributed by atoms with Crippen LogP contribution in [0.2, 0.25) is 0 Å². The highest BCUT2D eigenvalue weighted by molar-refractivity contribution is 6.17. The third-order valence-electron chi connectivity index (χ3n) is 14.9. The number of rotatable bonds is 51. The van der Waals surface area contributed by atoms with Crippen LogP contribution in [0.15, 0.2) is 66.7 Å². The molecule has 23 heteroatoms. The third kappa shape index (κ3) is 37.5. The summed E-state index contributed by atoms with van der Waals surface area (Å²) in [7, 11) is 0. The molecule has 1 saturated carbocycles. The molecule has 0 bridgehead atoms. The standard InChI is InChI=1S/C46H66N4O9.C23H42ClNO8/c1-4-35-15-13-17-39(31-35)49(5-2)43(52)34-50-40-18-10-9-16-38(40)33-41(50)42(51)32-36-20-22-37(23-21-36)45(54)47-24-11-7-8-12-25-48-46(55)59-30-29-57-28-27-56-26-14-19-44(53)58-6-3;1-2-3-14-33-23(27)25-11-15-30-18-19-31-20-21-32-22(26)9-8-13-29-17-16-28-12-7-5-4-6-10-24/h9-10,13,15-18,31,33,36-37H,4-8,11-12,14,19-30,32,34H2,1-3H3,(H,47,54)(H,48,55);2-3H,4-21H2,1H3,(H,25,27)/b;3-2+. The molecule has 4 amide bonds. The Labute approximate surface area is 551 Å². The molecule has 0 radical (unpaired) electrons. The number of hydrogen-bond donors (Lipinski definition) is 3. The first-order valence-electron chi connectivity index (χ1n) is 33.5. The van der Waals surface area contributed by atoms with Gasteiger partial charge < -0.3 is 72.8 Å². The maximum atomic E-state index is 13.9. The topological polar surface area (TPSA) is 256 Å². The fourth-order valence-corrected chi connectivity index (χ4v) is 10.1. The number of esters is 2. The number of alkyl halides is 1. The Morgan fingerprint density at radius 1 is 0.565 bits per heavy atom. The Morgan fingerprint density at radius 3 is 1.77 bits per heavy atom. The molecule has 4 rings (SSSR count). The van der Waals surface area contributed by atoms with E-state index in [1.54, 1.807) is 24.0 Å². The normalized spacial score (nSPS) is 13.7. The van der Waals surface area contributed by atoms with Crippen LogP contribution in [0.1, 0.15) is 153 Å². The summed E-state index contributed by atoms with van der Waals surface area (Å²) in [5, 5.41) is 9.36. The second-order valence-electron chi connectivity index (χ2n) is 22.1.